The predicted octanol–water partition coefficient (Wildman–Crippen LogP) is 3.83. The van der Waals surface area contributed by atoms with Crippen LogP contribution >= 0.6 is 15.9 Å². The molecule has 0 saturated carbocycles. The third-order valence-electron chi connectivity index (χ3n) is 1.93. The van der Waals surface area contributed by atoms with Gasteiger partial charge in [-0.15, -0.1) is 0 Å². The number of hydrogen-bond acceptors (Lipinski definition) is 0. The molecule has 0 radical (unpaired) electrons. The number of alkyl halides is 1. The molecule has 1 aliphatic carbocycles. The quantitative estimate of drug-likeness (QED) is 0.627. The van der Waals surface area contributed by atoms with Gasteiger partial charge in [0.25, 0.3) is 0 Å². The number of rotatable bonds is 3. The summed E-state index contributed by atoms with van der Waals surface area (Å²) < 4.78 is 0. The van der Waals surface area contributed by atoms with E-state index in [0.29, 0.717) is 0 Å². The maximum atomic E-state index is 3.40. The lowest BCUT2D eigenvalue weighted by Crippen LogP contribution is -1.87. The second kappa shape index (κ2) is 5.59. The molecule has 1 aliphatic rings. The van der Waals surface area contributed by atoms with Crippen molar-refractivity contribution in [2.75, 3.05) is 5.33 Å². The molecule has 0 spiro atoms. The normalized spacial score (nSPS) is 18.8. The maximum Gasteiger partial charge on any atom is 0.00660 e. The molecule has 1 rings (SSSR count). The van der Waals surface area contributed by atoms with Gasteiger partial charge in [-0.2, -0.15) is 0 Å². The Hall–Kier alpha value is -0.0400. The fraction of sp³-hybridized carbons (Fsp3) is 0.600. The van der Waals surface area contributed by atoms with E-state index in [4.69, 9.17) is 0 Å². The molecule has 0 amide bonds. The van der Waals surface area contributed by atoms with Crippen LogP contribution in [0.3, 0.4) is 0 Å². The van der Waals surface area contributed by atoms with Crippen LogP contribution in [0.5, 0.6) is 0 Å². The maximum absolute atomic E-state index is 3.40. The lowest BCUT2D eigenvalue weighted by Gasteiger charge is -2.07. The first-order valence-electron chi connectivity index (χ1n) is 4.35. The van der Waals surface area contributed by atoms with Crippen molar-refractivity contribution >= 4 is 15.9 Å². The van der Waals surface area contributed by atoms with E-state index in [1.54, 1.807) is 0 Å². The third kappa shape index (κ3) is 3.76. The minimum absolute atomic E-state index is 1.08. The molecule has 0 aliphatic heterocycles. The van der Waals surface area contributed by atoms with Crippen LogP contribution in [0.2, 0.25) is 0 Å². The summed E-state index contributed by atoms with van der Waals surface area (Å²) in [6, 6.07) is 0. The summed E-state index contributed by atoms with van der Waals surface area (Å²) in [5, 5.41) is 1.08. The van der Waals surface area contributed by atoms with Crippen molar-refractivity contribution in [3.05, 3.63) is 23.8 Å². The van der Waals surface area contributed by atoms with Crippen LogP contribution in [0.1, 0.15) is 32.1 Å². The second-order valence-electron chi connectivity index (χ2n) is 2.90. The zero-order valence-electron chi connectivity index (χ0n) is 6.85. The average molecular weight is 215 g/mol. The summed E-state index contributed by atoms with van der Waals surface area (Å²) >= 11 is 3.40. The molecule has 0 saturated heterocycles. The van der Waals surface area contributed by atoms with Crippen LogP contribution in [-0.2, 0) is 0 Å². The number of hydrogen-bond donors (Lipinski definition) is 0. The highest BCUT2D eigenvalue weighted by atomic mass is 79.9. The van der Waals surface area contributed by atoms with Crippen molar-refractivity contribution in [3.8, 4) is 0 Å². The Morgan fingerprint density at radius 1 is 1.45 bits per heavy atom. The molecule has 0 fully saturated rings. The highest BCUT2D eigenvalue weighted by Crippen LogP contribution is 2.18. The monoisotopic (exact) mass is 214 g/mol. The van der Waals surface area contributed by atoms with Crippen LogP contribution in [0, 0.1) is 0 Å². The first-order chi connectivity index (χ1) is 5.43. The second-order valence-corrected chi connectivity index (χ2v) is 3.70. The topological polar surface area (TPSA) is 0 Å². The molecule has 1 heteroatoms. The minimum Gasteiger partial charge on any atom is -0.0925 e. The smallest absolute Gasteiger partial charge is 0.00660 e. The number of allylic oxidation sites excluding steroid dienone is 4. The fourth-order valence-electron chi connectivity index (χ4n) is 1.31. The molecule has 0 aromatic rings. The van der Waals surface area contributed by atoms with Gasteiger partial charge in [0.1, 0.15) is 0 Å². The Morgan fingerprint density at radius 2 is 2.36 bits per heavy atom. The van der Waals surface area contributed by atoms with E-state index in [1.165, 1.54) is 31.3 Å². The zero-order chi connectivity index (χ0) is 7.94. The van der Waals surface area contributed by atoms with Crippen LogP contribution in [0.25, 0.3) is 0 Å². The van der Waals surface area contributed by atoms with E-state index in [1.807, 2.05) is 0 Å². The van der Waals surface area contributed by atoms with Gasteiger partial charge in [-0.3, -0.25) is 0 Å². The first-order valence-corrected chi connectivity index (χ1v) is 5.47. The lowest BCUT2D eigenvalue weighted by atomic mass is 9.99. The molecule has 0 unspecified atom stereocenters. The zero-order valence-corrected chi connectivity index (χ0v) is 8.44. The average Bonchev–Trinajstić information content (AvgIpc) is 2.07. The van der Waals surface area contributed by atoms with Gasteiger partial charge in [-0.1, -0.05) is 39.7 Å². The van der Waals surface area contributed by atoms with Gasteiger partial charge in [0.2, 0.25) is 0 Å². The van der Waals surface area contributed by atoms with Crippen LogP contribution in [-0.4, -0.2) is 5.33 Å². The van der Waals surface area contributed by atoms with Gasteiger partial charge >= 0.3 is 0 Å². The summed E-state index contributed by atoms with van der Waals surface area (Å²) in [4.78, 5) is 0. The van der Waals surface area contributed by atoms with Crippen LogP contribution < -0.4 is 0 Å². The van der Waals surface area contributed by atoms with Gasteiger partial charge < -0.3 is 0 Å². The van der Waals surface area contributed by atoms with Crippen molar-refractivity contribution in [2.45, 2.75) is 32.1 Å². The van der Waals surface area contributed by atoms with E-state index >= 15 is 0 Å². The Kier molecular flexibility index (Phi) is 4.60. The standard InChI is InChI=1S/C10H15Br/c11-9-5-4-8-10-6-2-1-3-7-10/h4,6,8H,1-3,5,7,9H2/b8-4+. The fourth-order valence-corrected chi connectivity index (χ4v) is 1.58. The van der Waals surface area contributed by atoms with Crippen molar-refractivity contribution in [1.29, 1.82) is 0 Å². The van der Waals surface area contributed by atoms with E-state index < -0.39 is 0 Å². The van der Waals surface area contributed by atoms with Gasteiger partial charge in [0.15, 0.2) is 0 Å². The first kappa shape index (κ1) is 9.05. The molecule has 62 valence electrons. The largest absolute Gasteiger partial charge is 0.0925 e. The molecule has 0 aromatic heterocycles. The predicted molar refractivity (Wildman–Crippen MR) is 54.1 cm³/mol. The van der Waals surface area contributed by atoms with Crippen molar-refractivity contribution in [3.63, 3.8) is 0 Å². The molecule has 0 heterocycles. The molecule has 0 bridgehead atoms. The number of halogens is 1. The molecular weight excluding hydrogens is 200 g/mol. The Balaban J connectivity index is 2.29. The van der Waals surface area contributed by atoms with Gasteiger partial charge in [0.05, 0.1) is 0 Å². The summed E-state index contributed by atoms with van der Waals surface area (Å²) in [5.74, 6) is 0. The van der Waals surface area contributed by atoms with Crippen molar-refractivity contribution < 1.29 is 0 Å². The van der Waals surface area contributed by atoms with E-state index in [9.17, 15) is 0 Å². The van der Waals surface area contributed by atoms with Crippen molar-refractivity contribution in [1.82, 2.24) is 0 Å². The van der Waals surface area contributed by atoms with E-state index in [0.717, 1.165) is 11.8 Å². The Bertz CT molecular complexity index is 156. The molecule has 0 atom stereocenters. The molecule has 0 nitrogen and oxygen atoms in total. The highest BCUT2D eigenvalue weighted by molar-refractivity contribution is 9.09. The Labute approximate surface area is 77.5 Å². The summed E-state index contributed by atoms with van der Waals surface area (Å²) in [6.07, 6.45) is 13.4. The van der Waals surface area contributed by atoms with Gasteiger partial charge in [0, 0.05) is 5.33 Å². The molecule has 0 N–H and O–H groups in total. The summed E-state index contributed by atoms with van der Waals surface area (Å²) in [7, 11) is 0. The summed E-state index contributed by atoms with van der Waals surface area (Å²) in [6.45, 7) is 0. The van der Waals surface area contributed by atoms with Crippen molar-refractivity contribution in [2.24, 2.45) is 0 Å². The minimum atomic E-state index is 1.08. The molecule has 0 aromatic carbocycles. The third-order valence-corrected chi connectivity index (χ3v) is 2.39. The lowest BCUT2D eigenvalue weighted by molar-refractivity contribution is 0.711. The van der Waals surface area contributed by atoms with Gasteiger partial charge in [-0.05, 0) is 32.1 Å². The summed E-state index contributed by atoms with van der Waals surface area (Å²) in [5.41, 5.74) is 1.54. The Morgan fingerprint density at radius 3 is 3.00 bits per heavy atom. The molecular formula is C10H15Br. The van der Waals surface area contributed by atoms with Crippen LogP contribution in [0.15, 0.2) is 23.8 Å². The van der Waals surface area contributed by atoms with Gasteiger partial charge in [-0.25, -0.2) is 0 Å². The van der Waals surface area contributed by atoms with E-state index in [2.05, 4.69) is 34.2 Å². The van der Waals surface area contributed by atoms with Crippen LogP contribution in [0.4, 0.5) is 0 Å². The highest BCUT2D eigenvalue weighted by Gasteiger charge is 1.98. The van der Waals surface area contributed by atoms with E-state index in [-0.39, 0.29) is 0 Å². The SMILES string of the molecule is BrCC/C=C/C1=CCCCC1. The molecule has 11 heavy (non-hydrogen) atoms.